The molecule has 0 spiro atoms. The van der Waals surface area contributed by atoms with E-state index in [4.69, 9.17) is 4.74 Å². The molecule has 126 valence electrons. The molecule has 1 atom stereocenters. The molecule has 1 aromatic rings. The summed E-state index contributed by atoms with van der Waals surface area (Å²) in [5, 5.41) is 0. The Kier molecular flexibility index (Phi) is 5.52. The molecule has 5 nitrogen and oxygen atoms in total. The van der Waals surface area contributed by atoms with Crippen LogP contribution in [0.2, 0.25) is 0 Å². The average molecular weight is 327 g/mol. The third kappa shape index (κ3) is 5.19. The van der Waals surface area contributed by atoms with Crippen molar-refractivity contribution in [2.75, 3.05) is 20.2 Å². The highest BCUT2D eigenvalue weighted by atomic mass is 19.3. The smallest absolute Gasteiger partial charge is 0.410 e. The number of hydrogen-bond acceptors (Lipinski definition) is 4. The first kappa shape index (κ1) is 17.2. The van der Waals surface area contributed by atoms with Gasteiger partial charge in [-0.2, -0.15) is 0 Å². The van der Waals surface area contributed by atoms with Crippen molar-refractivity contribution in [1.82, 2.24) is 4.90 Å². The normalized spacial score (nSPS) is 20.0. The van der Waals surface area contributed by atoms with Crippen LogP contribution >= 0.6 is 0 Å². The number of methoxy groups -OCH3 is 1. The molecule has 0 N–H and O–H groups in total. The summed E-state index contributed by atoms with van der Waals surface area (Å²) < 4.78 is 37.1. The van der Waals surface area contributed by atoms with Crippen LogP contribution in [0, 0.1) is 5.92 Å². The number of halogens is 2. The first-order chi connectivity index (χ1) is 10.9. The molecule has 0 radical (unpaired) electrons. The fourth-order valence-electron chi connectivity index (χ4n) is 2.61. The topological polar surface area (TPSA) is 55.8 Å². The van der Waals surface area contributed by atoms with E-state index in [1.54, 1.807) is 24.3 Å². The van der Waals surface area contributed by atoms with Gasteiger partial charge in [0.15, 0.2) is 0 Å². The summed E-state index contributed by atoms with van der Waals surface area (Å²) >= 11 is 0. The van der Waals surface area contributed by atoms with E-state index in [1.807, 2.05) is 6.07 Å². The minimum atomic E-state index is -3.04. The second kappa shape index (κ2) is 7.39. The molecule has 2 rings (SSSR count). The van der Waals surface area contributed by atoms with E-state index in [0.29, 0.717) is 0 Å². The van der Waals surface area contributed by atoms with Crippen molar-refractivity contribution in [1.29, 1.82) is 0 Å². The van der Waals surface area contributed by atoms with Crippen molar-refractivity contribution in [2.45, 2.75) is 25.4 Å². The number of likely N-dealkylation sites (tertiary alicyclic amines) is 1. The zero-order valence-corrected chi connectivity index (χ0v) is 12.8. The number of esters is 1. The first-order valence-electron chi connectivity index (χ1n) is 7.30. The number of hydrogen-bond donors (Lipinski definition) is 0. The highest BCUT2D eigenvalue weighted by Crippen LogP contribution is 2.32. The van der Waals surface area contributed by atoms with Gasteiger partial charge in [0, 0.05) is 13.0 Å². The third-order valence-electron chi connectivity index (χ3n) is 3.63. The molecule has 0 aromatic heterocycles. The van der Waals surface area contributed by atoms with E-state index in [1.165, 1.54) is 7.11 Å². The lowest BCUT2D eigenvalue weighted by Crippen LogP contribution is -2.50. The maximum Gasteiger partial charge on any atom is 0.410 e. The van der Waals surface area contributed by atoms with E-state index in [9.17, 15) is 18.4 Å². The number of carbonyl (C=O) groups excluding carboxylic acids is 2. The first-order valence-corrected chi connectivity index (χ1v) is 7.30. The SMILES string of the molecule is COC(=O)C[C@H]1CN(C(=O)OCc2ccccc2)CC(F)(F)C1. The summed E-state index contributed by atoms with van der Waals surface area (Å²) in [5.74, 6) is -4.25. The van der Waals surface area contributed by atoms with Crippen molar-refractivity contribution in [3.05, 3.63) is 35.9 Å². The van der Waals surface area contributed by atoms with Gasteiger partial charge in [0.1, 0.15) is 6.61 Å². The summed E-state index contributed by atoms with van der Waals surface area (Å²) in [7, 11) is 1.20. The number of nitrogens with zero attached hydrogens (tertiary/aromatic N) is 1. The molecule has 1 aliphatic rings. The van der Waals surface area contributed by atoms with E-state index in [2.05, 4.69) is 4.74 Å². The molecule has 7 heteroatoms. The zero-order valence-electron chi connectivity index (χ0n) is 12.8. The van der Waals surface area contributed by atoms with Crippen LogP contribution in [0.25, 0.3) is 0 Å². The molecule has 1 fully saturated rings. The van der Waals surface area contributed by atoms with Crippen LogP contribution in [0.15, 0.2) is 30.3 Å². The van der Waals surface area contributed by atoms with Gasteiger partial charge in [-0.3, -0.25) is 4.79 Å². The number of ether oxygens (including phenoxy) is 2. The molecule has 0 aliphatic carbocycles. The van der Waals surface area contributed by atoms with Crippen molar-refractivity contribution in [3.63, 3.8) is 0 Å². The fourth-order valence-corrected chi connectivity index (χ4v) is 2.61. The number of piperidine rings is 1. The largest absolute Gasteiger partial charge is 0.469 e. The predicted molar refractivity (Wildman–Crippen MR) is 77.9 cm³/mol. The summed E-state index contributed by atoms with van der Waals surface area (Å²) in [4.78, 5) is 24.2. The molecule has 1 aromatic carbocycles. The van der Waals surface area contributed by atoms with Gasteiger partial charge in [-0.15, -0.1) is 0 Å². The summed E-state index contributed by atoms with van der Waals surface area (Å²) in [5.41, 5.74) is 0.774. The number of alkyl halides is 2. The van der Waals surface area contributed by atoms with E-state index in [0.717, 1.165) is 10.5 Å². The average Bonchev–Trinajstić information content (AvgIpc) is 2.51. The molecule has 23 heavy (non-hydrogen) atoms. The van der Waals surface area contributed by atoms with Crippen LogP contribution in [-0.4, -0.2) is 43.1 Å². The zero-order chi connectivity index (χ0) is 16.9. The summed E-state index contributed by atoms with van der Waals surface area (Å²) in [6, 6.07) is 8.97. The minimum absolute atomic E-state index is 0.0173. The monoisotopic (exact) mass is 327 g/mol. The molecule has 1 aliphatic heterocycles. The van der Waals surface area contributed by atoms with Crippen LogP contribution in [0.3, 0.4) is 0 Å². The van der Waals surface area contributed by atoms with Crippen molar-refractivity contribution < 1.29 is 27.8 Å². The molecule has 0 bridgehead atoms. The van der Waals surface area contributed by atoms with E-state index < -0.39 is 36.9 Å². The van der Waals surface area contributed by atoms with Gasteiger partial charge in [0.05, 0.1) is 20.1 Å². The Morgan fingerprint density at radius 1 is 1.30 bits per heavy atom. The van der Waals surface area contributed by atoms with E-state index in [-0.39, 0.29) is 19.6 Å². The Hall–Kier alpha value is -2.18. The number of rotatable bonds is 4. The van der Waals surface area contributed by atoms with Crippen LogP contribution < -0.4 is 0 Å². The van der Waals surface area contributed by atoms with Gasteiger partial charge in [-0.25, -0.2) is 13.6 Å². The summed E-state index contributed by atoms with van der Waals surface area (Å²) in [6.45, 7) is -0.625. The third-order valence-corrected chi connectivity index (χ3v) is 3.63. The van der Waals surface area contributed by atoms with E-state index >= 15 is 0 Å². The van der Waals surface area contributed by atoms with Gasteiger partial charge < -0.3 is 14.4 Å². The van der Waals surface area contributed by atoms with Crippen LogP contribution in [0.5, 0.6) is 0 Å². The highest BCUT2D eigenvalue weighted by Gasteiger charge is 2.43. The van der Waals surface area contributed by atoms with Crippen LogP contribution in [0.1, 0.15) is 18.4 Å². The molecule has 0 unspecified atom stereocenters. The second-order valence-corrected chi connectivity index (χ2v) is 5.63. The Morgan fingerprint density at radius 2 is 2.00 bits per heavy atom. The lowest BCUT2D eigenvalue weighted by Gasteiger charge is -2.36. The molecular formula is C16H19F2NO4. The summed E-state index contributed by atoms with van der Waals surface area (Å²) in [6.07, 6.45) is -1.39. The van der Waals surface area contributed by atoms with Gasteiger partial charge in [-0.05, 0) is 11.5 Å². The quantitative estimate of drug-likeness (QED) is 0.798. The fraction of sp³-hybridized carbons (Fsp3) is 0.500. The second-order valence-electron chi connectivity index (χ2n) is 5.63. The van der Waals surface area contributed by atoms with Gasteiger partial charge in [0.25, 0.3) is 5.92 Å². The maximum absolute atomic E-state index is 13.8. The number of benzene rings is 1. The number of carbonyl (C=O) groups is 2. The maximum atomic E-state index is 13.8. The van der Waals surface area contributed by atoms with Crippen molar-refractivity contribution in [3.8, 4) is 0 Å². The number of amides is 1. The minimum Gasteiger partial charge on any atom is -0.469 e. The van der Waals surface area contributed by atoms with Gasteiger partial charge in [-0.1, -0.05) is 30.3 Å². The predicted octanol–water partition coefficient (Wildman–Crippen LogP) is 2.84. The molecule has 0 saturated carbocycles. The highest BCUT2D eigenvalue weighted by molar-refractivity contribution is 5.70. The van der Waals surface area contributed by atoms with Gasteiger partial charge >= 0.3 is 12.1 Å². The lowest BCUT2D eigenvalue weighted by molar-refractivity contribution is -0.144. The Morgan fingerprint density at radius 3 is 2.65 bits per heavy atom. The Balaban J connectivity index is 1.94. The molecule has 1 amide bonds. The lowest BCUT2D eigenvalue weighted by atomic mass is 9.92. The van der Waals surface area contributed by atoms with Crippen molar-refractivity contribution >= 4 is 12.1 Å². The Bertz CT molecular complexity index is 550. The van der Waals surface area contributed by atoms with Crippen molar-refractivity contribution in [2.24, 2.45) is 5.92 Å². The van der Waals surface area contributed by atoms with Gasteiger partial charge in [0.2, 0.25) is 0 Å². The van der Waals surface area contributed by atoms with Crippen LogP contribution in [0.4, 0.5) is 13.6 Å². The standard InChI is InChI=1S/C16H19F2NO4/c1-22-14(20)7-13-8-16(17,18)11-19(9-13)15(21)23-10-12-5-3-2-4-6-12/h2-6,13H,7-11H2,1H3/t13-/m1/s1. The molecule has 1 heterocycles. The van der Waals surface area contributed by atoms with Crippen LogP contribution in [-0.2, 0) is 20.9 Å². The Labute approximate surface area is 133 Å². The molecule has 1 saturated heterocycles. The molecular weight excluding hydrogens is 308 g/mol.